The predicted octanol–water partition coefficient (Wildman–Crippen LogP) is 3.60. The zero-order valence-corrected chi connectivity index (χ0v) is 13.0. The van der Waals surface area contributed by atoms with Crippen LogP contribution in [0.1, 0.15) is 30.1 Å². The molecule has 3 heterocycles. The van der Waals surface area contributed by atoms with Crippen molar-refractivity contribution in [1.29, 1.82) is 0 Å². The second-order valence-corrected chi connectivity index (χ2v) is 6.00. The van der Waals surface area contributed by atoms with E-state index in [1.807, 2.05) is 16.8 Å². The number of aromatic nitrogens is 3. The number of likely N-dealkylation sites (tertiary alicyclic amines) is 1. The van der Waals surface area contributed by atoms with Gasteiger partial charge in [0, 0.05) is 18.9 Å². The summed E-state index contributed by atoms with van der Waals surface area (Å²) < 4.78 is 1.96. The second kappa shape index (κ2) is 6.34. The molecule has 0 N–H and O–H groups in total. The number of hydrogen-bond donors (Lipinski definition) is 0. The summed E-state index contributed by atoms with van der Waals surface area (Å²) in [4.78, 5) is 11.5. The van der Waals surface area contributed by atoms with Gasteiger partial charge in [0.2, 0.25) is 0 Å². The number of hydrogen-bond acceptors (Lipinski definition) is 3. The maximum atomic E-state index is 4.87. The molecule has 4 nitrogen and oxygen atoms in total. The van der Waals surface area contributed by atoms with Crippen LogP contribution in [0.2, 0.25) is 0 Å². The summed E-state index contributed by atoms with van der Waals surface area (Å²) in [6.45, 7) is 2.12. The van der Waals surface area contributed by atoms with Crippen LogP contribution >= 0.6 is 0 Å². The number of benzene rings is 1. The first-order chi connectivity index (χ1) is 11.4. The molecule has 0 aliphatic carbocycles. The van der Waals surface area contributed by atoms with E-state index in [1.54, 1.807) is 12.5 Å². The lowest BCUT2D eigenvalue weighted by molar-refractivity contribution is 0.244. The Morgan fingerprint density at radius 1 is 1.04 bits per heavy atom. The van der Waals surface area contributed by atoms with Crippen LogP contribution in [0.3, 0.4) is 0 Å². The molecule has 1 unspecified atom stereocenters. The number of rotatable bonds is 4. The Bertz CT molecular complexity index is 752. The maximum absolute atomic E-state index is 4.87. The first-order valence-electron chi connectivity index (χ1n) is 8.13. The van der Waals surface area contributed by atoms with Gasteiger partial charge in [0.1, 0.15) is 12.1 Å². The standard InChI is InChI=1S/C19H20N4/c1-2-6-16(7-3-1)14-22-12-5-9-18(22)17-8-4-10-19(21-17)23-13-11-20-15-23/h1-4,6-8,10-11,13,15,18H,5,9,12,14H2. The van der Waals surface area contributed by atoms with Gasteiger partial charge in [-0.25, -0.2) is 9.97 Å². The predicted molar refractivity (Wildman–Crippen MR) is 90.2 cm³/mol. The molecule has 1 fully saturated rings. The van der Waals surface area contributed by atoms with E-state index in [4.69, 9.17) is 4.98 Å². The molecule has 1 atom stereocenters. The van der Waals surface area contributed by atoms with Crippen molar-refractivity contribution in [1.82, 2.24) is 19.4 Å². The average molecular weight is 304 g/mol. The molecule has 3 aromatic rings. The fourth-order valence-electron chi connectivity index (χ4n) is 3.33. The van der Waals surface area contributed by atoms with Crippen LogP contribution in [0.4, 0.5) is 0 Å². The van der Waals surface area contributed by atoms with E-state index in [9.17, 15) is 0 Å². The van der Waals surface area contributed by atoms with Gasteiger partial charge in [0.15, 0.2) is 0 Å². The van der Waals surface area contributed by atoms with E-state index in [0.29, 0.717) is 6.04 Å². The van der Waals surface area contributed by atoms with Crippen molar-refractivity contribution in [2.45, 2.75) is 25.4 Å². The minimum atomic E-state index is 0.402. The largest absolute Gasteiger partial charge is 0.291 e. The minimum absolute atomic E-state index is 0.402. The highest BCUT2D eigenvalue weighted by Gasteiger charge is 2.27. The lowest BCUT2D eigenvalue weighted by atomic mass is 10.1. The monoisotopic (exact) mass is 304 g/mol. The molecule has 4 heteroatoms. The van der Waals surface area contributed by atoms with Gasteiger partial charge < -0.3 is 0 Å². The summed E-state index contributed by atoms with van der Waals surface area (Å²) in [6, 6.07) is 17.4. The zero-order valence-electron chi connectivity index (χ0n) is 13.0. The smallest absolute Gasteiger partial charge is 0.138 e. The van der Waals surface area contributed by atoms with Gasteiger partial charge in [-0.3, -0.25) is 9.47 Å². The van der Waals surface area contributed by atoms with Crippen molar-refractivity contribution >= 4 is 0 Å². The van der Waals surface area contributed by atoms with E-state index < -0.39 is 0 Å². The second-order valence-electron chi connectivity index (χ2n) is 6.00. The molecule has 1 saturated heterocycles. The van der Waals surface area contributed by atoms with Crippen LogP contribution in [-0.2, 0) is 6.54 Å². The molecule has 0 spiro atoms. The quantitative estimate of drug-likeness (QED) is 0.738. The molecule has 116 valence electrons. The Morgan fingerprint density at radius 2 is 1.96 bits per heavy atom. The summed E-state index contributed by atoms with van der Waals surface area (Å²) in [5.74, 6) is 0.937. The molecule has 2 aromatic heterocycles. The molecule has 1 aromatic carbocycles. The lowest BCUT2D eigenvalue weighted by Gasteiger charge is -2.24. The first kappa shape index (κ1) is 14.2. The van der Waals surface area contributed by atoms with E-state index in [2.05, 4.69) is 52.3 Å². The van der Waals surface area contributed by atoms with Gasteiger partial charge in [-0.1, -0.05) is 36.4 Å². The third-order valence-electron chi connectivity index (χ3n) is 4.46. The normalized spacial score (nSPS) is 18.3. The van der Waals surface area contributed by atoms with Crippen molar-refractivity contribution in [2.75, 3.05) is 6.54 Å². The van der Waals surface area contributed by atoms with E-state index in [-0.39, 0.29) is 0 Å². The number of nitrogens with zero attached hydrogens (tertiary/aromatic N) is 4. The number of pyridine rings is 1. The van der Waals surface area contributed by atoms with Gasteiger partial charge in [-0.2, -0.15) is 0 Å². The van der Waals surface area contributed by atoms with Crippen molar-refractivity contribution in [3.63, 3.8) is 0 Å². The van der Waals surface area contributed by atoms with Crippen LogP contribution in [-0.4, -0.2) is 26.0 Å². The molecular weight excluding hydrogens is 284 g/mol. The Labute approximate surface area is 136 Å². The Hall–Kier alpha value is -2.46. The van der Waals surface area contributed by atoms with Gasteiger partial charge in [0.05, 0.1) is 11.7 Å². The van der Waals surface area contributed by atoms with Crippen molar-refractivity contribution in [3.05, 3.63) is 78.5 Å². The molecular formula is C19H20N4. The molecule has 0 radical (unpaired) electrons. The zero-order chi connectivity index (χ0) is 15.5. The number of imidazole rings is 1. The van der Waals surface area contributed by atoms with Crippen molar-refractivity contribution in [2.24, 2.45) is 0 Å². The maximum Gasteiger partial charge on any atom is 0.138 e. The topological polar surface area (TPSA) is 34.0 Å². The van der Waals surface area contributed by atoms with Gasteiger partial charge in [-0.15, -0.1) is 0 Å². The highest BCUT2D eigenvalue weighted by Crippen LogP contribution is 2.32. The summed E-state index contributed by atoms with van der Waals surface area (Å²) >= 11 is 0. The van der Waals surface area contributed by atoms with Gasteiger partial charge in [-0.05, 0) is 37.1 Å². The minimum Gasteiger partial charge on any atom is -0.291 e. The van der Waals surface area contributed by atoms with Crippen molar-refractivity contribution < 1.29 is 0 Å². The van der Waals surface area contributed by atoms with E-state index in [0.717, 1.165) is 24.6 Å². The average Bonchev–Trinajstić information content (AvgIpc) is 3.28. The Balaban J connectivity index is 1.58. The summed E-state index contributed by atoms with van der Waals surface area (Å²) in [5, 5.41) is 0. The van der Waals surface area contributed by atoms with Crippen LogP contribution in [0.15, 0.2) is 67.3 Å². The highest BCUT2D eigenvalue weighted by molar-refractivity contribution is 5.26. The van der Waals surface area contributed by atoms with Gasteiger partial charge >= 0.3 is 0 Å². The molecule has 4 rings (SSSR count). The molecule has 1 aliphatic heterocycles. The summed E-state index contributed by atoms with van der Waals surface area (Å²) in [6.07, 6.45) is 7.92. The lowest BCUT2D eigenvalue weighted by Crippen LogP contribution is -2.23. The molecule has 0 saturated carbocycles. The fraction of sp³-hybridized carbons (Fsp3) is 0.263. The van der Waals surface area contributed by atoms with E-state index >= 15 is 0 Å². The van der Waals surface area contributed by atoms with Crippen LogP contribution < -0.4 is 0 Å². The van der Waals surface area contributed by atoms with E-state index in [1.165, 1.54) is 18.4 Å². The summed E-state index contributed by atoms with van der Waals surface area (Å²) in [5.41, 5.74) is 2.52. The Kier molecular flexibility index (Phi) is 3.90. The fourth-order valence-corrected chi connectivity index (χ4v) is 3.33. The summed E-state index contributed by atoms with van der Waals surface area (Å²) in [7, 11) is 0. The van der Waals surface area contributed by atoms with Crippen LogP contribution in [0.25, 0.3) is 5.82 Å². The van der Waals surface area contributed by atoms with Crippen LogP contribution in [0, 0.1) is 0 Å². The van der Waals surface area contributed by atoms with Crippen LogP contribution in [0.5, 0.6) is 0 Å². The third-order valence-corrected chi connectivity index (χ3v) is 4.46. The molecule has 0 bridgehead atoms. The van der Waals surface area contributed by atoms with Crippen molar-refractivity contribution in [3.8, 4) is 5.82 Å². The highest BCUT2D eigenvalue weighted by atomic mass is 15.2. The molecule has 0 amide bonds. The third kappa shape index (κ3) is 3.03. The first-order valence-corrected chi connectivity index (χ1v) is 8.13. The SMILES string of the molecule is c1ccc(CN2CCCC2c2cccc(-n3ccnc3)n2)cc1. The van der Waals surface area contributed by atoms with Gasteiger partial charge in [0.25, 0.3) is 0 Å². The molecule has 1 aliphatic rings. The molecule has 23 heavy (non-hydrogen) atoms. The Morgan fingerprint density at radius 3 is 2.78 bits per heavy atom.